The third kappa shape index (κ3) is 3.32. The highest BCUT2D eigenvalue weighted by molar-refractivity contribution is 7.89. The molecule has 0 N–H and O–H groups in total. The summed E-state index contributed by atoms with van der Waals surface area (Å²) in [6.45, 7) is 4.88. The maximum atomic E-state index is 13.0. The Morgan fingerprint density at radius 2 is 1.83 bits per heavy atom. The Bertz CT molecular complexity index is 787. The lowest BCUT2D eigenvalue weighted by atomic mass is 10.1. The minimum Gasteiger partial charge on any atom is -0.371 e. The molecule has 23 heavy (non-hydrogen) atoms. The molecule has 1 atom stereocenters. The molecule has 0 aromatic heterocycles. The van der Waals surface area contributed by atoms with Gasteiger partial charge < -0.3 is 4.74 Å². The van der Waals surface area contributed by atoms with E-state index in [1.165, 1.54) is 4.31 Å². The summed E-state index contributed by atoms with van der Waals surface area (Å²) in [6.07, 6.45) is -0.218. The van der Waals surface area contributed by atoms with E-state index in [1.54, 1.807) is 6.07 Å². The summed E-state index contributed by atoms with van der Waals surface area (Å²) in [7, 11) is -3.50. The average molecular weight is 331 g/mol. The first kappa shape index (κ1) is 16.2. The van der Waals surface area contributed by atoms with Gasteiger partial charge in [0, 0.05) is 13.1 Å². The summed E-state index contributed by atoms with van der Waals surface area (Å²) in [5.74, 6) is 0. The van der Waals surface area contributed by atoms with Gasteiger partial charge in [-0.25, -0.2) is 8.42 Å². The number of hydrogen-bond acceptors (Lipinski definition) is 3. The van der Waals surface area contributed by atoms with Crippen molar-refractivity contribution in [2.24, 2.45) is 0 Å². The Balaban J connectivity index is 1.90. The first-order valence-corrected chi connectivity index (χ1v) is 9.16. The van der Waals surface area contributed by atoms with E-state index in [0.29, 0.717) is 24.6 Å². The van der Waals surface area contributed by atoms with Crippen molar-refractivity contribution in [1.82, 2.24) is 4.31 Å². The number of hydrogen-bond donors (Lipinski definition) is 0. The summed E-state index contributed by atoms with van der Waals surface area (Å²) in [4.78, 5) is 0.395. The smallest absolute Gasteiger partial charge is 0.243 e. The van der Waals surface area contributed by atoms with Crippen molar-refractivity contribution < 1.29 is 13.2 Å². The minimum atomic E-state index is -3.50. The van der Waals surface area contributed by atoms with Crippen molar-refractivity contribution >= 4 is 10.0 Å². The summed E-state index contributed by atoms with van der Waals surface area (Å²) in [6, 6.07) is 15.3. The van der Waals surface area contributed by atoms with E-state index in [0.717, 1.165) is 16.7 Å². The molecule has 1 saturated heterocycles. The Hall–Kier alpha value is -1.69. The highest BCUT2D eigenvalue weighted by Gasteiger charge is 2.32. The molecule has 122 valence electrons. The van der Waals surface area contributed by atoms with Crippen LogP contribution in [0.5, 0.6) is 0 Å². The zero-order chi connectivity index (χ0) is 16.4. The van der Waals surface area contributed by atoms with Crippen LogP contribution in [0.15, 0.2) is 53.4 Å². The third-order valence-electron chi connectivity index (χ3n) is 4.16. The van der Waals surface area contributed by atoms with E-state index in [9.17, 15) is 8.42 Å². The molecular formula is C18H21NO3S. The van der Waals surface area contributed by atoms with Gasteiger partial charge in [0.05, 0.1) is 17.6 Å². The Morgan fingerprint density at radius 1 is 1.09 bits per heavy atom. The minimum absolute atomic E-state index is 0.218. The molecule has 0 saturated carbocycles. The second-order valence-electron chi connectivity index (χ2n) is 5.90. The maximum Gasteiger partial charge on any atom is 0.243 e. The van der Waals surface area contributed by atoms with Crippen LogP contribution in [0.2, 0.25) is 0 Å². The standard InChI is InChI=1S/C18H21NO3S/c1-14-8-9-15(2)18(12-14)23(20,21)19-10-11-22-17(13-19)16-6-4-3-5-7-16/h3-9,12,17H,10-11,13H2,1-2H3. The topological polar surface area (TPSA) is 46.6 Å². The van der Waals surface area contributed by atoms with E-state index in [4.69, 9.17) is 4.74 Å². The second-order valence-corrected chi connectivity index (χ2v) is 7.81. The molecule has 0 bridgehead atoms. The van der Waals surface area contributed by atoms with Crippen LogP contribution in [0.3, 0.4) is 0 Å². The summed E-state index contributed by atoms with van der Waals surface area (Å²) >= 11 is 0. The zero-order valence-corrected chi connectivity index (χ0v) is 14.2. The van der Waals surface area contributed by atoms with E-state index < -0.39 is 10.0 Å². The monoisotopic (exact) mass is 331 g/mol. The Labute approximate surface area is 137 Å². The molecular weight excluding hydrogens is 310 g/mol. The lowest BCUT2D eigenvalue weighted by Crippen LogP contribution is -2.42. The van der Waals surface area contributed by atoms with Crippen LogP contribution in [0, 0.1) is 13.8 Å². The fourth-order valence-electron chi connectivity index (χ4n) is 2.84. The number of ether oxygens (including phenoxy) is 1. The van der Waals surface area contributed by atoms with Gasteiger partial charge in [-0.3, -0.25) is 0 Å². The van der Waals surface area contributed by atoms with Crippen molar-refractivity contribution in [1.29, 1.82) is 0 Å². The molecule has 3 rings (SSSR count). The second kappa shape index (κ2) is 6.43. The summed E-state index contributed by atoms with van der Waals surface area (Å²) in [5.41, 5.74) is 2.73. The first-order valence-electron chi connectivity index (χ1n) is 7.72. The molecule has 5 heteroatoms. The molecule has 4 nitrogen and oxygen atoms in total. The van der Waals surface area contributed by atoms with E-state index in [1.807, 2.05) is 56.3 Å². The number of benzene rings is 2. The highest BCUT2D eigenvalue weighted by atomic mass is 32.2. The van der Waals surface area contributed by atoms with E-state index in [2.05, 4.69) is 0 Å². The number of aryl methyl sites for hydroxylation is 2. The molecule has 1 aliphatic rings. The molecule has 0 amide bonds. The van der Waals surface area contributed by atoms with Gasteiger partial charge in [-0.1, -0.05) is 42.5 Å². The maximum absolute atomic E-state index is 13.0. The lowest BCUT2D eigenvalue weighted by Gasteiger charge is -2.32. The molecule has 0 spiro atoms. The van der Waals surface area contributed by atoms with Crippen LogP contribution in [0.1, 0.15) is 22.8 Å². The molecule has 1 fully saturated rings. The van der Waals surface area contributed by atoms with Crippen LogP contribution in [-0.2, 0) is 14.8 Å². The van der Waals surface area contributed by atoms with Crippen LogP contribution in [0.4, 0.5) is 0 Å². The molecule has 1 unspecified atom stereocenters. The third-order valence-corrected chi connectivity index (χ3v) is 6.17. The highest BCUT2D eigenvalue weighted by Crippen LogP contribution is 2.28. The van der Waals surface area contributed by atoms with Gasteiger partial charge in [0.25, 0.3) is 0 Å². The SMILES string of the molecule is Cc1ccc(C)c(S(=O)(=O)N2CCOC(c3ccccc3)C2)c1. The van der Waals surface area contributed by atoms with Gasteiger partial charge >= 0.3 is 0 Å². The molecule has 1 heterocycles. The van der Waals surface area contributed by atoms with Gasteiger partial charge in [0.2, 0.25) is 10.0 Å². The van der Waals surface area contributed by atoms with Crippen LogP contribution in [0.25, 0.3) is 0 Å². The molecule has 1 aliphatic heterocycles. The van der Waals surface area contributed by atoms with Crippen molar-refractivity contribution in [2.75, 3.05) is 19.7 Å². The molecule has 2 aromatic carbocycles. The van der Waals surface area contributed by atoms with Crippen LogP contribution in [-0.4, -0.2) is 32.4 Å². The van der Waals surface area contributed by atoms with Crippen molar-refractivity contribution in [3.05, 3.63) is 65.2 Å². The van der Waals surface area contributed by atoms with Gasteiger partial charge in [0.1, 0.15) is 0 Å². The summed E-state index contributed by atoms with van der Waals surface area (Å²) < 4.78 is 33.3. The number of nitrogens with zero attached hydrogens (tertiary/aromatic N) is 1. The number of morpholine rings is 1. The molecule has 0 aliphatic carbocycles. The van der Waals surface area contributed by atoms with Crippen LogP contribution >= 0.6 is 0 Å². The molecule has 2 aromatic rings. The number of rotatable bonds is 3. The predicted octanol–water partition coefficient (Wildman–Crippen LogP) is 3.07. The predicted molar refractivity (Wildman–Crippen MR) is 89.8 cm³/mol. The quantitative estimate of drug-likeness (QED) is 0.868. The normalized spacial score (nSPS) is 19.7. The largest absolute Gasteiger partial charge is 0.371 e. The number of sulfonamides is 1. The zero-order valence-electron chi connectivity index (χ0n) is 13.4. The fraction of sp³-hybridized carbons (Fsp3) is 0.333. The van der Waals surface area contributed by atoms with E-state index >= 15 is 0 Å². The average Bonchev–Trinajstić information content (AvgIpc) is 2.58. The molecule has 0 radical (unpaired) electrons. The lowest BCUT2D eigenvalue weighted by molar-refractivity contribution is -0.00256. The van der Waals surface area contributed by atoms with Crippen molar-refractivity contribution in [3.63, 3.8) is 0 Å². The van der Waals surface area contributed by atoms with Gasteiger partial charge in [0.15, 0.2) is 0 Å². The first-order chi connectivity index (χ1) is 11.0. The van der Waals surface area contributed by atoms with Crippen LogP contribution < -0.4 is 0 Å². The van der Waals surface area contributed by atoms with Crippen molar-refractivity contribution in [2.45, 2.75) is 24.8 Å². The van der Waals surface area contributed by atoms with Gasteiger partial charge in [-0.15, -0.1) is 0 Å². The Kier molecular flexibility index (Phi) is 4.53. The summed E-state index contributed by atoms with van der Waals surface area (Å²) in [5, 5.41) is 0. The van der Waals surface area contributed by atoms with Gasteiger partial charge in [-0.05, 0) is 36.6 Å². The van der Waals surface area contributed by atoms with E-state index in [-0.39, 0.29) is 6.10 Å². The van der Waals surface area contributed by atoms with Crippen molar-refractivity contribution in [3.8, 4) is 0 Å². The Morgan fingerprint density at radius 3 is 2.57 bits per heavy atom. The van der Waals surface area contributed by atoms with Gasteiger partial charge in [-0.2, -0.15) is 4.31 Å². The fourth-order valence-corrected chi connectivity index (χ4v) is 4.57.